The number of aryl methyl sites for hydroxylation is 1. The van der Waals surface area contributed by atoms with Gasteiger partial charge in [0.15, 0.2) is 0 Å². The standard InChI is InChI=1S/C18H25N5O2.2ClH/c1-13-3-5-15(6-4-13)18-20-16(25-21-18)12-22-7-9-23(10-8-22)17(24)11-14(2)19;;/h3-6,14H,7-12,19H2,1-2H3;2*1H. The summed E-state index contributed by atoms with van der Waals surface area (Å²) in [6, 6.07) is 7.96. The lowest BCUT2D eigenvalue weighted by Gasteiger charge is -2.34. The molecule has 1 aliphatic heterocycles. The lowest BCUT2D eigenvalue weighted by atomic mass is 10.1. The first-order valence-electron chi connectivity index (χ1n) is 8.66. The molecule has 150 valence electrons. The molecule has 27 heavy (non-hydrogen) atoms. The molecule has 0 saturated carbocycles. The number of rotatable bonds is 5. The fourth-order valence-electron chi connectivity index (χ4n) is 2.89. The highest BCUT2D eigenvalue weighted by Crippen LogP contribution is 2.17. The van der Waals surface area contributed by atoms with Gasteiger partial charge < -0.3 is 15.2 Å². The minimum absolute atomic E-state index is 0. The van der Waals surface area contributed by atoms with Gasteiger partial charge in [-0.05, 0) is 13.8 Å². The van der Waals surface area contributed by atoms with Crippen LogP contribution in [0.5, 0.6) is 0 Å². The minimum atomic E-state index is -0.0934. The molecule has 1 fully saturated rings. The number of aromatic nitrogens is 2. The maximum atomic E-state index is 12.0. The highest BCUT2D eigenvalue weighted by Gasteiger charge is 2.23. The van der Waals surface area contributed by atoms with E-state index in [9.17, 15) is 4.79 Å². The van der Waals surface area contributed by atoms with Gasteiger partial charge in [0.25, 0.3) is 0 Å². The van der Waals surface area contributed by atoms with Crippen LogP contribution in [0.15, 0.2) is 28.8 Å². The minimum Gasteiger partial charge on any atom is -0.340 e. The molecular formula is C18H27Cl2N5O2. The van der Waals surface area contributed by atoms with E-state index >= 15 is 0 Å². The second-order valence-corrected chi connectivity index (χ2v) is 6.72. The number of benzene rings is 1. The first-order valence-corrected chi connectivity index (χ1v) is 8.66. The zero-order valence-electron chi connectivity index (χ0n) is 15.6. The SMILES string of the molecule is Cc1ccc(-c2noc(CN3CCN(C(=O)CC(C)N)CC3)n2)cc1.Cl.Cl. The van der Waals surface area contributed by atoms with E-state index in [1.807, 2.05) is 43.0 Å². The van der Waals surface area contributed by atoms with Gasteiger partial charge in [0.05, 0.1) is 6.54 Å². The van der Waals surface area contributed by atoms with Crippen molar-refractivity contribution in [3.63, 3.8) is 0 Å². The van der Waals surface area contributed by atoms with E-state index in [1.165, 1.54) is 5.56 Å². The summed E-state index contributed by atoms with van der Waals surface area (Å²) in [6.07, 6.45) is 0.406. The lowest BCUT2D eigenvalue weighted by Crippen LogP contribution is -2.49. The summed E-state index contributed by atoms with van der Waals surface area (Å²) in [4.78, 5) is 20.6. The number of nitrogens with zero attached hydrogens (tertiary/aromatic N) is 4. The molecule has 0 bridgehead atoms. The van der Waals surface area contributed by atoms with E-state index in [-0.39, 0.29) is 36.8 Å². The van der Waals surface area contributed by atoms with E-state index in [4.69, 9.17) is 10.3 Å². The van der Waals surface area contributed by atoms with Crippen molar-refractivity contribution in [2.75, 3.05) is 26.2 Å². The first-order chi connectivity index (χ1) is 12.0. The van der Waals surface area contributed by atoms with E-state index in [1.54, 1.807) is 0 Å². The predicted octanol–water partition coefficient (Wildman–Crippen LogP) is 2.27. The molecule has 1 unspecified atom stereocenters. The van der Waals surface area contributed by atoms with Crippen LogP contribution in [0.2, 0.25) is 0 Å². The molecule has 1 amide bonds. The van der Waals surface area contributed by atoms with Crippen LogP contribution in [0.4, 0.5) is 0 Å². The zero-order valence-corrected chi connectivity index (χ0v) is 17.3. The number of carbonyl (C=O) groups is 1. The summed E-state index contributed by atoms with van der Waals surface area (Å²) in [5.74, 6) is 1.35. The molecule has 2 N–H and O–H groups in total. The van der Waals surface area contributed by atoms with Crippen molar-refractivity contribution >= 4 is 30.7 Å². The smallest absolute Gasteiger partial charge is 0.241 e. The summed E-state index contributed by atoms with van der Waals surface area (Å²) in [6.45, 7) is 7.53. The largest absolute Gasteiger partial charge is 0.340 e. The van der Waals surface area contributed by atoms with Gasteiger partial charge in [0.2, 0.25) is 17.6 Å². The number of carbonyl (C=O) groups excluding carboxylic acids is 1. The number of amides is 1. The molecule has 2 aromatic rings. The van der Waals surface area contributed by atoms with Gasteiger partial charge in [-0.15, -0.1) is 24.8 Å². The molecule has 3 rings (SSSR count). The van der Waals surface area contributed by atoms with Gasteiger partial charge >= 0.3 is 0 Å². The highest BCUT2D eigenvalue weighted by molar-refractivity contribution is 5.85. The van der Waals surface area contributed by atoms with Crippen molar-refractivity contribution in [3.8, 4) is 11.4 Å². The van der Waals surface area contributed by atoms with Crippen molar-refractivity contribution in [1.82, 2.24) is 19.9 Å². The number of nitrogens with two attached hydrogens (primary N) is 1. The van der Waals surface area contributed by atoms with Crippen LogP contribution in [0, 0.1) is 6.92 Å². The van der Waals surface area contributed by atoms with Crippen LogP contribution >= 0.6 is 24.8 Å². The van der Waals surface area contributed by atoms with E-state index in [2.05, 4.69) is 15.0 Å². The van der Waals surface area contributed by atoms with Crippen molar-refractivity contribution in [2.24, 2.45) is 5.73 Å². The van der Waals surface area contributed by atoms with Crippen LogP contribution < -0.4 is 5.73 Å². The van der Waals surface area contributed by atoms with Crippen LogP contribution in [0.25, 0.3) is 11.4 Å². The Bertz CT molecular complexity index is 713. The van der Waals surface area contributed by atoms with E-state index in [0.29, 0.717) is 37.8 Å². The summed E-state index contributed by atoms with van der Waals surface area (Å²) < 4.78 is 5.38. The van der Waals surface area contributed by atoms with E-state index in [0.717, 1.165) is 18.7 Å². The molecule has 1 aromatic carbocycles. The van der Waals surface area contributed by atoms with Crippen LogP contribution in [0.3, 0.4) is 0 Å². The zero-order chi connectivity index (χ0) is 17.8. The maximum absolute atomic E-state index is 12.0. The van der Waals surface area contributed by atoms with Crippen molar-refractivity contribution in [2.45, 2.75) is 32.9 Å². The molecule has 2 heterocycles. The van der Waals surface area contributed by atoms with Crippen LogP contribution in [-0.2, 0) is 11.3 Å². The lowest BCUT2D eigenvalue weighted by molar-refractivity contribution is -0.133. The Morgan fingerprint density at radius 1 is 1.19 bits per heavy atom. The Balaban J connectivity index is 0.00000182. The van der Waals surface area contributed by atoms with Gasteiger partial charge in [0.1, 0.15) is 0 Å². The molecule has 1 saturated heterocycles. The monoisotopic (exact) mass is 415 g/mol. The maximum Gasteiger partial charge on any atom is 0.241 e. The van der Waals surface area contributed by atoms with Crippen LogP contribution in [-0.4, -0.2) is 58.1 Å². The topological polar surface area (TPSA) is 88.5 Å². The van der Waals surface area contributed by atoms with Crippen molar-refractivity contribution in [1.29, 1.82) is 0 Å². The Morgan fingerprint density at radius 3 is 2.41 bits per heavy atom. The Hall–Kier alpha value is -1.67. The molecule has 0 radical (unpaired) electrons. The molecule has 9 heteroatoms. The summed E-state index contributed by atoms with van der Waals surface area (Å²) >= 11 is 0. The third-order valence-electron chi connectivity index (χ3n) is 4.36. The normalized spacial score (nSPS) is 15.6. The van der Waals surface area contributed by atoms with Crippen molar-refractivity contribution < 1.29 is 9.32 Å². The van der Waals surface area contributed by atoms with Gasteiger partial charge in [-0.1, -0.05) is 35.0 Å². The number of piperazine rings is 1. The Kier molecular flexibility index (Phi) is 9.18. The van der Waals surface area contributed by atoms with E-state index < -0.39 is 0 Å². The molecular weight excluding hydrogens is 389 g/mol. The molecule has 1 aromatic heterocycles. The van der Waals surface area contributed by atoms with Gasteiger partial charge in [0, 0.05) is 44.2 Å². The van der Waals surface area contributed by atoms with Gasteiger partial charge in [-0.2, -0.15) is 4.98 Å². The Labute approximate surface area is 172 Å². The average molecular weight is 416 g/mol. The molecule has 0 aliphatic carbocycles. The fraction of sp³-hybridized carbons (Fsp3) is 0.500. The third-order valence-corrected chi connectivity index (χ3v) is 4.36. The van der Waals surface area contributed by atoms with Gasteiger partial charge in [-0.3, -0.25) is 9.69 Å². The van der Waals surface area contributed by atoms with Gasteiger partial charge in [-0.25, -0.2) is 0 Å². The first kappa shape index (κ1) is 23.4. The predicted molar refractivity (Wildman–Crippen MR) is 109 cm³/mol. The number of hydrogen-bond acceptors (Lipinski definition) is 6. The molecule has 0 spiro atoms. The average Bonchev–Trinajstić information content (AvgIpc) is 3.04. The van der Waals surface area contributed by atoms with Crippen molar-refractivity contribution in [3.05, 3.63) is 35.7 Å². The number of hydrogen-bond donors (Lipinski definition) is 1. The quantitative estimate of drug-likeness (QED) is 0.805. The second-order valence-electron chi connectivity index (χ2n) is 6.72. The molecule has 1 aliphatic rings. The number of halogens is 2. The fourth-order valence-corrected chi connectivity index (χ4v) is 2.89. The third kappa shape index (κ3) is 6.46. The summed E-state index contributed by atoms with van der Waals surface area (Å²) in [5.41, 5.74) is 7.85. The molecule has 7 nitrogen and oxygen atoms in total. The highest BCUT2D eigenvalue weighted by atomic mass is 35.5. The van der Waals surface area contributed by atoms with Crippen LogP contribution in [0.1, 0.15) is 24.8 Å². The summed E-state index contributed by atoms with van der Waals surface area (Å²) in [5, 5.41) is 4.07. The Morgan fingerprint density at radius 2 is 1.81 bits per heavy atom. The summed E-state index contributed by atoms with van der Waals surface area (Å²) in [7, 11) is 0. The molecule has 1 atom stereocenters. The second kappa shape index (κ2) is 10.6.